The first-order valence-electron chi connectivity index (χ1n) is 10.2. The van der Waals surface area contributed by atoms with E-state index < -0.39 is 21.5 Å². The molecule has 31 heavy (non-hydrogen) atoms. The number of nitrogens with one attached hydrogen (secondary N) is 1. The molecular weight excluding hydrogens is 438 g/mol. The first kappa shape index (κ1) is 23.6. The largest absolute Gasteiger partial charge is 0.444 e. The maximum Gasteiger partial charge on any atom is 0.407 e. The Morgan fingerprint density at radius 2 is 1.90 bits per heavy atom. The van der Waals surface area contributed by atoms with Crippen LogP contribution in [0.5, 0.6) is 0 Å². The summed E-state index contributed by atoms with van der Waals surface area (Å²) in [7, 11) is -3.09. The molecule has 2 saturated heterocycles. The van der Waals surface area contributed by atoms with Crippen LogP contribution in [0.2, 0.25) is 0 Å². The van der Waals surface area contributed by atoms with E-state index in [1.165, 1.54) is 11.8 Å². The van der Waals surface area contributed by atoms with Crippen LogP contribution in [0.3, 0.4) is 0 Å². The molecule has 10 heteroatoms. The van der Waals surface area contributed by atoms with Crippen molar-refractivity contribution in [3.05, 3.63) is 35.4 Å². The van der Waals surface area contributed by atoms with E-state index in [0.29, 0.717) is 11.7 Å². The normalized spacial score (nSPS) is 23.6. The van der Waals surface area contributed by atoms with Gasteiger partial charge in [0.05, 0.1) is 17.5 Å². The fraction of sp³-hybridized carbons (Fsp3) is 0.571. The number of nitrogens with zero attached hydrogens (tertiary/aromatic N) is 2. The van der Waals surface area contributed by atoms with Crippen LogP contribution >= 0.6 is 11.8 Å². The van der Waals surface area contributed by atoms with Gasteiger partial charge >= 0.3 is 6.09 Å². The molecule has 8 nitrogen and oxygen atoms in total. The Morgan fingerprint density at radius 3 is 2.55 bits per heavy atom. The molecule has 170 valence electrons. The van der Waals surface area contributed by atoms with E-state index in [-0.39, 0.29) is 41.7 Å². The molecule has 0 unspecified atom stereocenters. The van der Waals surface area contributed by atoms with Crippen molar-refractivity contribution in [2.75, 3.05) is 18.1 Å². The number of aryl methyl sites for hydroxylation is 1. The molecule has 0 spiro atoms. The van der Waals surface area contributed by atoms with Gasteiger partial charge in [-0.1, -0.05) is 41.6 Å². The maximum atomic E-state index is 12.4. The molecule has 2 amide bonds. The summed E-state index contributed by atoms with van der Waals surface area (Å²) in [5.74, 6) is -0.195. The predicted molar refractivity (Wildman–Crippen MR) is 122 cm³/mol. The fourth-order valence-corrected chi connectivity index (χ4v) is 7.43. The van der Waals surface area contributed by atoms with Crippen molar-refractivity contribution in [3.8, 4) is 0 Å². The van der Waals surface area contributed by atoms with E-state index in [0.717, 1.165) is 11.1 Å². The Labute approximate surface area is 187 Å². The van der Waals surface area contributed by atoms with Crippen LogP contribution in [0.1, 0.15) is 38.3 Å². The number of sulfone groups is 1. The van der Waals surface area contributed by atoms with Crippen molar-refractivity contribution in [2.24, 2.45) is 4.99 Å². The lowest BCUT2D eigenvalue weighted by molar-refractivity contribution is -0.117. The zero-order valence-corrected chi connectivity index (χ0v) is 19.9. The SMILES string of the molecule is Cc1ccc(CN2C(=NC(=O)CCNC(=O)OC(C)(C)C)S[C@H]3CS(=O)(=O)C[C@H]32)cc1. The summed E-state index contributed by atoms with van der Waals surface area (Å²) in [6.07, 6.45) is -0.543. The molecule has 0 bridgehead atoms. The standard InChI is InChI=1S/C21H29N3O5S2/c1-14-5-7-15(8-6-14)11-24-16-12-31(27,28)13-17(16)30-19(24)23-18(25)9-10-22-20(26)29-21(2,3)4/h5-8,16-17H,9-13H2,1-4H3,(H,22,26)/t16-,17+/m1/s1. The van der Waals surface area contributed by atoms with Crippen LogP contribution in [-0.4, -0.2) is 65.4 Å². The van der Waals surface area contributed by atoms with Gasteiger partial charge < -0.3 is 15.0 Å². The third kappa shape index (κ3) is 6.70. The number of carbonyl (C=O) groups is 2. The predicted octanol–water partition coefficient (Wildman–Crippen LogP) is 2.51. The van der Waals surface area contributed by atoms with Crippen molar-refractivity contribution in [3.63, 3.8) is 0 Å². The molecule has 0 aliphatic carbocycles. The van der Waals surface area contributed by atoms with Crippen molar-refractivity contribution >= 4 is 38.8 Å². The van der Waals surface area contributed by atoms with Crippen LogP contribution in [0.4, 0.5) is 4.79 Å². The number of thioether (sulfide) groups is 1. The second-order valence-electron chi connectivity index (χ2n) is 8.88. The quantitative estimate of drug-likeness (QED) is 0.709. The van der Waals surface area contributed by atoms with Crippen molar-refractivity contribution in [2.45, 2.75) is 57.6 Å². The van der Waals surface area contributed by atoms with E-state index in [4.69, 9.17) is 4.74 Å². The second kappa shape index (κ2) is 9.20. The molecule has 2 fully saturated rings. The molecule has 1 aromatic carbocycles. The molecule has 3 rings (SSSR count). The minimum Gasteiger partial charge on any atom is -0.444 e. The van der Waals surface area contributed by atoms with Gasteiger partial charge in [0, 0.05) is 24.8 Å². The first-order valence-corrected chi connectivity index (χ1v) is 12.9. The Bertz CT molecular complexity index is 968. The van der Waals surface area contributed by atoms with E-state index >= 15 is 0 Å². The third-order valence-corrected chi connectivity index (χ3v) is 8.12. The summed E-state index contributed by atoms with van der Waals surface area (Å²) in [5.41, 5.74) is 1.56. The zero-order chi connectivity index (χ0) is 22.8. The summed E-state index contributed by atoms with van der Waals surface area (Å²) in [6.45, 7) is 7.91. The number of hydrogen-bond donors (Lipinski definition) is 1. The zero-order valence-electron chi connectivity index (χ0n) is 18.3. The summed E-state index contributed by atoms with van der Waals surface area (Å²) >= 11 is 1.35. The number of carbonyl (C=O) groups excluding carboxylic acids is 2. The average Bonchev–Trinajstić information content (AvgIpc) is 3.07. The maximum absolute atomic E-state index is 12.4. The van der Waals surface area contributed by atoms with Gasteiger partial charge in [-0.3, -0.25) is 4.79 Å². The smallest absolute Gasteiger partial charge is 0.407 e. The van der Waals surface area contributed by atoms with Crippen molar-refractivity contribution < 1.29 is 22.7 Å². The van der Waals surface area contributed by atoms with Crippen LogP contribution in [0, 0.1) is 6.92 Å². The minimum absolute atomic E-state index is 0.0370. The van der Waals surface area contributed by atoms with Gasteiger partial charge in [0.15, 0.2) is 15.0 Å². The molecule has 0 aromatic heterocycles. The Kier molecular flexibility index (Phi) is 7.00. The molecule has 1 N–H and O–H groups in total. The van der Waals surface area contributed by atoms with Crippen molar-refractivity contribution in [1.29, 1.82) is 0 Å². The molecule has 0 radical (unpaired) electrons. The van der Waals surface area contributed by atoms with Gasteiger partial charge in [0.1, 0.15) is 5.60 Å². The highest BCUT2D eigenvalue weighted by Crippen LogP contribution is 2.39. The van der Waals surface area contributed by atoms with E-state index in [2.05, 4.69) is 10.3 Å². The summed E-state index contributed by atoms with van der Waals surface area (Å²) < 4.78 is 29.4. The number of alkyl carbamates (subject to hydrolysis) is 1. The molecular formula is C21H29N3O5S2. The molecule has 2 aliphatic rings. The van der Waals surface area contributed by atoms with Crippen molar-refractivity contribution in [1.82, 2.24) is 10.2 Å². The monoisotopic (exact) mass is 467 g/mol. The average molecular weight is 468 g/mol. The summed E-state index contributed by atoms with van der Waals surface area (Å²) in [5, 5.41) is 2.98. The van der Waals surface area contributed by atoms with Gasteiger partial charge in [0.25, 0.3) is 0 Å². The summed E-state index contributed by atoms with van der Waals surface area (Å²) in [4.78, 5) is 30.3. The number of benzene rings is 1. The minimum atomic E-state index is -3.09. The summed E-state index contributed by atoms with van der Waals surface area (Å²) in [6, 6.07) is 7.82. The number of aliphatic imine (C=N–C) groups is 1. The Morgan fingerprint density at radius 1 is 1.23 bits per heavy atom. The van der Waals surface area contributed by atoms with E-state index in [9.17, 15) is 18.0 Å². The number of fused-ring (bicyclic) bond motifs is 1. The highest BCUT2D eigenvalue weighted by atomic mass is 32.2. The van der Waals surface area contributed by atoms with Gasteiger partial charge in [-0.05, 0) is 33.3 Å². The number of hydrogen-bond acceptors (Lipinski definition) is 6. The molecule has 2 aliphatic heterocycles. The van der Waals surface area contributed by atoms with Crippen LogP contribution < -0.4 is 5.32 Å². The van der Waals surface area contributed by atoms with Crippen LogP contribution in [0.25, 0.3) is 0 Å². The van der Waals surface area contributed by atoms with Gasteiger partial charge in [0.2, 0.25) is 5.91 Å². The lowest BCUT2D eigenvalue weighted by Gasteiger charge is -2.24. The van der Waals surface area contributed by atoms with Crippen LogP contribution in [0.15, 0.2) is 29.3 Å². The van der Waals surface area contributed by atoms with Gasteiger partial charge in [-0.25, -0.2) is 13.2 Å². The fourth-order valence-electron chi connectivity index (χ4n) is 3.46. The van der Waals surface area contributed by atoms with Crippen LogP contribution in [-0.2, 0) is 25.9 Å². The number of amides is 2. The number of ether oxygens (including phenoxy) is 1. The van der Waals surface area contributed by atoms with E-state index in [1.54, 1.807) is 20.8 Å². The topological polar surface area (TPSA) is 105 Å². The molecule has 1 aromatic rings. The van der Waals surface area contributed by atoms with E-state index in [1.807, 2.05) is 36.1 Å². The Hall–Kier alpha value is -2.07. The molecule has 2 heterocycles. The van der Waals surface area contributed by atoms with Gasteiger partial charge in [-0.2, -0.15) is 4.99 Å². The highest BCUT2D eigenvalue weighted by molar-refractivity contribution is 8.15. The Balaban J connectivity index is 1.66. The number of amidine groups is 1. The first-order chi connectivity index (χ1) is 14.4. The lowest BCUT2D eigenvalue weighted by Crippen LogP contribution is -2.37. The number of rotatable bonds is 5. The lowest BCUT2D eigenvalue weighted by atomic mass is 10.1. The highest BCUT2D eigenvalue weighted by Gasteiger charge is 2.48. The van der Waals surface area contributed by atoms with Gasteiger partial charge in [-0.15, -0.1) is 0 Å². The second-order valence-corrected chi connectivity index (χ2v) is 12.2. The molecule has 2 atom stereocenters. The third-order valence-electron chi connectivity index (χ3n) is 4.88. The molecule has 0 saturated carbocycles.